The summed E-state index contributed by atoms with van der Waals surface area (Å²) >= 11 is 18.1. The van der Waals surface area contributed by atoms with Gasteiger partial charge in [0.15, 0.2) is 10.9 Å². The third-order valence-electron chi connectivity index (χ3n) is 2.60. The minimum absolute atomic E-state index is 0.192. The second-order valence-electron chi connectivity index (χ2n) is 4.50. The molecule has 0 bridgehead atoms. The van der Waals surface area contributed by atoms with Crippen LogP contribution in [0.1, 0.15) is 25.3 Å². The zero-order valence-corrected chi connectivity index (χ0v) is 13.1. The normalized spacial score (nSPS) is 10.9. The fraction of sp³-hybridized carbons (Fsp3) is 0.231. The predicted molar refractivity (Wildman–Crippen MR) is 82.1 cm³/mol. The molecule has 1 aromatic heterocycles. The van der Waals surface area contributed by atoms with Crippen LogP contribution < -0.4 is 10.5 Å². The van der Waals surface area contributed by atoms with Gasteiger partial charge in [0.25, 0.3) is 0 Å². The van der Waals surface area contributed by atoms with E-state index in [1.807, 2.05) is 13.8 Å². The van der Waals surface area contributed by atoms with Crippen molar-refractivity contribution in [3.63, 3.8) is 0 Å². The largest absolute Gasteiger partial charge is 0.434 e. The van der Waals surface area contributed by atoms with E-state index in [0.717, 1.165) is 5.56 Å². The van der Waals surface area contributed by atoms with E-state index in [9.17, 15) is 0 Å². The molecule has 0 radical (unpaired) electrons. The summed E-state index contributed by atoms with van der Waals surface area (Å²) in [5, 5.41) is 8.68. The van der Waals surface area contributed by atoms with Crippen LogP contribution in [-0.4, -0.2) is 10.2 Å². The highest BCUT2D eigenvalue weighted by molar-refractivity contribution is 6.37. The summed E-state index contributed by atoms with van der Waals surface area (Å²) in [6.45, 7) is 3.99. The van der Waals surface area contributed by atoms with Gasteiger partial charge in [0.2, 0.25) is 5.88 Å². The fourth-order valence-corrected chi connectivity index (χ4v) is 2.50. The molecule has 2 aromatic rings. The Morgan fingerprint density at radius 2 is 1.65 bits per heavy atom. The lowest BCUT2D eigenvalue weighted by molar-refractivity contribution is 0.454. The monoisotopic (exact) mass is 331 g/mol. The first-order chi connectivity index (χ1) is 9.38. The van der Waals surface area contributed by atoms with Gasteiger partial charge in [-0.25, -0.2) is 0 Å². The molecule has 20 heavy (non-hydrogen) atoms. The van der Waals surface area contributed by atoms with Gasteiger partial charge in [-0.1, -0.05) is 48.7 Å². The lowest BCUT2D eigenvalue weighted by Crippen LogP contribution is -1.98. The summed E-state index contributed by atoms with van der Waals surface area (Å²) in [4.78, 5) is 0. The van der Waals surface area contributed by atoms with Crippen LogP contribution in [0.4, 0.5) is 5.69 Å². The van der Waals surface area contributed by atoms with Crippen molar-refractivity contribution in [1.29, 1.82) is 0 Å². The third kappa shape index (κ3) is 3.26. The van der Waals surface area contributed by atoms with Gasteiger partial charge in [-0.2, -0.15) is 0 Å². The molecule has 0 saturated carbocycles. The van der Waals surface area contributed by atoms with Crippen LogP contribution in [0.3, 0.4) is 0 Å². The highest BCUT2D eigenvalue weighted by atomic mass is 35.5. The SMILES string of the molecule is CC(C)c1cc(Oc2c(Cl)cc(N)cc2Cl)nnc1Cl. The number of aromatic nitrogens is 2. The van der Waals surface area contributed by atoms with Crippen LogP contribution in [0, 0.1) is 0 Å². The van der Waals surface area contributed by atoms with Crippen LogP contribution >= 0.6 is 34.8 Å². The van der Waals surface area contributed by atoms with Gasteiger partial charge >= 0.3 is 0 Å². The molecule has 0 aliphatic rings. The first kappa shape index (κ1) is 15.2. The van der Waals surface area contributed by atoms with E-state index >= 15 is 0 Å². The van der Waals surface area contributed by atoms with Crippen molar-refractivity contribution >= 4 is 40.5 Å². The Kier molecular flexibility index (Phi) is 4.58. The molecular weight excluding hydrogens is 321 g/mol. The van der Waals surface area contributed by atoms with Crippen LogP contribution in [0.2, 0.25) is 15.2 Å². The number of halogens is 3. The molecule has 0 fully saturated rings. The molecule has 2 N–H and O–H groups in total. The topological polar surface area (TPSA) is 61.0 Å². The first-order valence-corrected chi connectivity index (χ1v) is 6.97. The molecule has 106 valence electrons. The van der Waals surface area contributed by atoms with Gasteiger partial charge in [-0.15, -0.1) is 10.2 Å². The number of hydrogen-bond donors (Lipinski definition) is 1. The number of nitrogen functional groups attached to an aromatic ring is 1. The summed E-state index contributed by atoms with van der Waals surface area (Å²) in [7, 11) is 0. The minimum Gasteiger partial charge on any atom is -0.434 e. The summed E-state index contributed by atoms with van der Waals surface area (Å²) in [6, 6.07) is 4.81. The van der Waals surface area contributed by atoms with E-state index in [1.165, 1.54) is 0 Å². The molecule has 0 spiro atoms. The van der Waals surface area contributed by atoms with E-state index in [-0.39, 0.29) is 17.5 Å². The summed E-state index contributed by atoms with van der Waals surface area (Å²) < 4.78 is 5.59. The summed E-state index contributed by atoms with van der Waals surface area (Å²) in [5.41, 5.74) is 6.92. The molecule has 0 amide bonds. The Morgan fingerprint density at radius 1 is 1.05 bits per heavy atom. The van der Waals surface area contributed by atoms with Crippen molar-refractivity contribution in [3.05, 3.63) is 39.0 Å². The zero-order chi connectivity index (χ0) is 14.9. The van der Waals surface area contributed by atoms with Gasteiger partial charge in [-0.3, -0.25) is 0 Å². The molecule has 4 nitrogen and oxygen atoms in total. The van der Waals surface area contributed by atoms with E-state index in [0.29, 0.717) is 20.9 Å². The molecule has 0 unspecified atom stereocenters. The van der Waals surface area contributed by atoms with Gasteiger partial charge in [0.05, 0.1) is 10.0 Å². The maximum absolute atomic E-state index is 6.05. The number of nitrogens with two attached hydrogens (primary N) is 1. The standard InChI is InChI=1S/C13H12Cl3N3O/c1-6(2)8-5-11(18-19-13(8)16)20-12-9(14)3-7(17)4-10(12)15/h3-6H,17H2,1-2H3. The molecule has 0 saturated heterocycles. The number of ether oxygens (including phenoxy) is 1. The number of benzene rings is 1. The van der Waals surface area contributed by atoms with Gasteiger partial charge in [-0.05, 0) is 23.6 Å². The van der Waals surface area contributed by atoms with Gasteiger partial charge < -0.3 is 10.5 Å². The number of hydrogen-bond acceptors (Lipinski definition) is 4. The summed E-state index contributed by atoms with van der Waals surface area (Å²) in [5.74, 6) is 0.748. The molecule has 1 heterocycles. The van der Waals surface area contributed by atoms with Gasteiger partial charge in [0.1, 0.15) is 0 Å². The second-order valence-corrected chi connectivity index (χ2v) is 5.67. The lowest BCUT2D eigenvalue weighted by atomic mass is 10.1. The van der Waals surface area contributed by atoms with Crippen molar-refractivity contribution in [2.45, 2.75) is 19.8 Å². The van der Waals surface area contributed by atoms with E-state index < -0.39 is 0 Å². The Bertz CT molecular complexity index is 624. The van der Waals surface area contributed by atoms with E-state index in [1.54, 1.807) is 18.2 Å². The number of anilines is 1. The number of rotatable bonds is 3. The Hall–Kier alpha value is -1.23. The third-order valence-corrected chi connectivity index (χ3v) is 3.46. The highest BCUT2D eigenvalue weighted by Crippen LogP contribution is 2.38. The van der Waals surface area contributed by atoms with Crippen LogP contribution in [-0.2, 0) is 0 Å². The molecule has 1 aromatic carbocycles. The van der Waals surface area contributed by atoms with Crippen molar-refractivity contribution in [2.24, 2.45) is 0 Å². The molecule has 0 aliphatic carbocycles. The van der Waals surface area contributed by atoms with Crippen LogP contribution in [0.15, 0.2) is 18.2 Å². The minimum atomic E-state index is 0.192. The Labute approximate surface area is 131 Å². The lowest BCUT2D eigenvalue weighted by Gasteiger charge is -2.11. The Morgan fingerprint density at radius 3 is 2.20 bits per heavy atom. The molecule has 0 atom stereocenters. The first-order valence-electron chi connectivity index (χ1n) is 5.84. The predicted octanol–water partition coefficient (Wildman–Crippen LogP) is 4.93. The zero-order valence-electron chi connectivity index (χ0n) is 10.8. The second kappa shape index (κ2) is 6.04. The van der Waals surface area contributed by atoms with Crippen molar-refractivity contribution in [3.8, 4) is 11.6 Å². The van der Waals surface area contributed by atoms with Crippen molar-refractivity contribution in [1.82, 2.24) is 10.2 Å². The molecule has 7 heteroatoms. The number of nitrogens with zero attached hydrogens (tertiary/aromatic N) is 2. The fourth-order valence-electron chi connectivity index (χ4n) is 1.61. The van der Waals surface area contributed by atoms with Crippen LogP contribution in [0.25, 0.3) is 0 Å². The summed E-state index contributed by atoms with van der Waals surface area (Å²) in [6.07, 6.45) is 0. The maximum atomic E-state index is 6.05. The maximum Gasteiger partial charge on any atom is 0.239 e. The highest BCUT2D eigenvalue weighted by Gasteiger charge is 2.14. The Balaban J connectivity index is 2.38. The van der Waals surface area contributed by atoms with Crippen LogP contribution in [0.5, 0.6) is 11.6 Å². The van der Waals surface area contributed by atoms with E-state index in [2.05, 4.69) is 10.2 Å². The van der Waals surface area contributed by atoms with Gasteiger partial charge in [0, 0.05) is 11.8 Å². The molecule has 2 rings (SSSR count). The van der Waals surface area contributed by atoms with E-state index in [4.69, 9.17) is 45.3 Å². The smallest absolute Gasteiger partial charge is 0.239 e. The molecular formula is C13H12Cl3N3O. The molecule has 0 aliphatic heterocycles. The quantitative estimate of drug-likeness (QED) is 0.809. The van der Waals surface area contributed by atoms with Crippen molar-refractivity contribution < 1.29 is 4.74 Å². The van der Waals surface area contributed by atoms with Crippen molar-refractivity contribution in [2.75, 3.05) is 5.73 Å². The average Bonchev–Trinajstić information content (AvgIpc) is 2.35. The average molecular weight is 333 g/mol.